The Labute approximate surface area is 253 Å². The van der Waals surface area contributed by atoms with Crippen molar-refractivity contribution in [2.24, 2.45) is 11.3 Å². The number of benzene rings is 2. The fraction of sp³-hybridized carbons (Fsp3) is 0.639. The standard InChI is InChI=1S/C36H52N2O4/c1-3-5-23-40-34(41-24-6-4-2)31-18-20-36(21-19-31)27-38(28-36)33-16-14-30(15-17-33)32-13-10-22-37(25-32)35(39)42-26-29-11-8-7-9-12-29/h7-9,11-12,14-17,31-32,34H,3-6,10,13,18-28H2,1-2H3/t32-/m1/s1. The normalized spacial score (nSPS) is 20.6. The first-order chi connectivity index (χ1) is 20.6. The number of amides is 1. The van der Waals surface area contributed by atoms with Crippen LogP contribution in [0.4, 0.5) is 10.5 Å². The Morgan fingerprint density at radius 2 is 1.57 bits per heavy atom. The van der Waals surface area contributed by atoms with Gasteiger partial charge >= 0.3 is 6.09 Å². The van der Waals surface area contributed by atoms with Crippen LogP contribution in [0.1, 0.15) is 95.1 Å². The number of unbranched alkanes of at least 4 members (excludes halogenated alkanes) is 2. The van der Waals surface area contributed by atoms with Gasteiger partial charge in [-0.15, -0.1) is 0 Å². The number of rotatable bonds is 13. The third kappa shape index (κ3) is 8.08. The Hall–Kier alpha value is -2.57. The van der Waals surface area contributed by atoms with Gasteiger partial charge in [0.05, 0.1) is 0 Å². The Balaban J connectivity index is 1.07. The number of hydrogen-bond acceptors (Lipinski definition) is 5. The second-order valence-electron chi connectivity index (χ2n) is 12.9. The van der Waals surface area contributed by atoms with Gasteiger partial charge in [0, 0.05) is 62.3 Å². The summed E-state index contributed by atoms with van der Waals surface area (Å²) in [5.74, 6) is 0.894. The largest absolute Gasteiger partial charge is 0.445 e. The van der Waals surface area contributed by atoms with Crippen LogP contribution in [0.25, 0.3) is 0 Å². The Morgan fingerprint density at radius 3 is 2.21 bits per heavy atom. The number of ether oxygens (including phenoxy) is 3. The van der Waals surface area contributed by atoms with Gasteiger partial charge in [-0.05, 0) is 74.6 Å². The summed E-state index contributed by atoms with van der Waals surface area (Å²) >= 11 is 0. The molecular weight excluding hydrogens is 524 g/mol. The molecule has 2 aromatic rings. The predicted molar refractivity (Wildman–Crippen MR) is 169 cm³/mol. The molecule has 5 rings (SSSR count). The van der Waals surface area contributed by atoms with E-state index in [4.69, 9.17) is 14.2 Å². The van der Waals surface area contributed by atoms with Crippen LogP contribution in [-0.4, -0.2) is 56.7 Å². The third-order valence-electron chi connectivity index (χ3n) is 9.70. The molecule has 0 radical (unpaired) electrons. The molecule has 3 fully saturated rings. The molecule has 2 saturated heterocycles. The van der Waals surface area contributed by atoms with Crippen molar-refractivity contribution in [1.29, 1.82) is 0 Å². The molecule has 1 spiro atoms. The summed E-state index contributed by atoms with van der Waals surface area (Å²) in [6.45, 7) is 10.2. The molecule has 3 aliphatic rings. The fourth-order valence-electron chi connectivity index (χ4n) is 6.98. The van der Waals surface area contributed by atoms with Gasteiger partial charge in [-0.1, -0.05) is 69.2 Å². The quantitative estimate of drug-likeness (QED) is 0.178. The number of carbonyl (C=O) groups excluding carboxylic acids is 1. The lowest BCUT2D eigenvalue weighted by Crippen LogP contribution is -2.58. The minimum Gasteiger partial charge on any atom is -0.445 e. The molecular formula is C36H52N2O4. The maximum absolute atomic E-state index is 12.7. The van der Waals surface area contributed by atoms with Crippen LogP contribution in [0.5, 0.6) is 0 Å². The summed E-state index contributed by atoms with van der Waals surface area (Å²) < 4.78 is 18.1. The van der Waals surface area contributed by atoms with Gasteiger partial charge in [0.15, 0.2) is 6.29 Å². The monoisotopic (exact) mass is 576 g/mol. The molecule has 1 atom stereocenters. The number of hydrogen-bond donors (Lipinski definition) is 0. The lowest BCUT2D eigenvalue weighted by atomic mass is 9.65. The first kappa shape index (κ1) is 30.9. The molecule has 6 nitrogen and oxygen atoms in total. The average Bonchev–Trinajstić information content (AvgIpc) is 3.03. The van der Waals surface area contributed by atoms with Crippen LogP contribution in [0.2, 0.25) is 0 Å². The molecule has 0 aromatic heterocycles. The van der Waals surface area contributed by atoms with E-state index in [-0.39, 0.29) is 12.4 Å². The van der Waals surface area contributed by atoms with Crippen LogP contribution >= 0.6 is 0 Å². The molecule has 0 unspecified atom stereocenters. The lowest BCUT2D eigenvalue weighted by molar-refractivity contribution is -0.183. The molecule has 2 aliphatic heterocycles. The Bertz CT molecular complexity index is 1070. The van der Waals surface area contributed by atoms with E-state index in [1.807, 2.05) is 35.2 Å². The van der Waals surface area contributed by atoms with Gasteiger partial charge in [0.2, 0.25) is 0 Å². The maximum atomic E-state index is 12.7. The molecule has 1 saturated carbocycles. The van der Waals surface area contributed by atoms with Crippen molar-refractivity contribution in [3.63, 3.8) is 0 Å². The Kier molecular flexibility index (Phi) is 11.2. The predicted octanol–water partition coefficient (Wildman–Crippen LogP) is 8.16. The van der Waals surface area contributed by atoms with Crippen molar-refractivity contribution in [1.82, 2.24) is 4.90 Å². The molecule has 2 aromatic carbocycles. The van der Waals surface area contributed by atoms with Crippen molar-refractivity contribution in [2.75, 3.05) is 44.3 Å². The van der Waals surface area contributed by atoms with Gasteiger partial charge in [-0.2, -0.15) is 0 Å². The molecule has 6 heteroatoms. The number of piperidine rings is 1. The summed E-state index contributed by atoms with van der Waals surface area (Å²) in [6.07, 6.45) is 11.4. The van der Waals surface area contributed by atoms with Gasteiger partial charge in [0.1, 0.15) is 6.61 Å². The second kappa shape index (κ2) is 15.2. The van der Waals surface area contributed by atoms with Crippen LogP contribution in [0, 0.1) is 11.3 Å². The second-order valence-corrected chi connectivity index (χ2v) is 12.9. The number of anilines is 1. The molecule has 0 N–H and O–H groups in total. The van der Waals surface area contributed by atoms with Crippen LogP contribution in [0.3, 0.4) is 0 Å². The van der Waals surface area contributed by atoms with E-state index in [1.54, 1.807) is 0 Å². The highest BCUT2D eigenvalue weighted by atomic mass is 16.7. The van der Waals surface area contributed by atoms with Gasteiger partial charge in [-0.25, -0.2) is 4.79 Å². The van der Waals surface area contributed by atoms with Gasteiger partial charge in [-0.3, -0.25) is 0 Å². The number of likely N-dealkylation sites (tertiary alicyclic amines) is 1. The van der Waals surface area contributed by atoms with Gasteiger partial charge < -0.3 is 24.0 Å². The molecule has 1 aliphatic carbocycles. The van der Waals surface area contributed by atoms with Crippen molar-refractivity contribution in [2.45, 2.75) is 96.9 Å². The summed E-state index contributed by atoms with van der Waals surface area (Å²) in [4.78, 5) is 17.2. The summed E-state index contributed by atoms with van der Waals surface area (Å²) in [5, 5.41) is 0. The molecule has 1 amide bonds. The van der Waals surface area contributed by atoms with Crippen molar-refractivity contribution in [3.05, 3.63) is 65.7 Å². The van der Waals surface area contributed by atoms with E-state index in [2.05, 4.69) is 43.0 Å². The molecule has 42 heavy (non-hydrogen) atoms. The zero-order valence-corrected chi connectivity index (χ0v) is 26.0. The molecule has 230 valence electrons. The van der Waals surface area contributed by atoms with Crippen molar-refractivity contribution < 1.29 is 19.0 Å². The first-order valence-electron chi connectivity index (χ1n) is 16.6. The highest BCUT2D eigenvalue weighted by Gasteiger charge is 2.46. The highest BCUT2D eigenvalue weighted by molar-refractivity contribution is 5.68. The lowest BCUT2D eigenvalue weighted by Gasteiger charge is -2.55. The minimum atomic E-state index is -0.202. The SMILES string of the molecule is CCCCOC(OCCCC)C1CCC2(CC1)CN(c1ccc([C@@H]3CCCN(C(=O)OCc4ccccc4)C3)cc1)C2. The summed E-state index contributed by atoms with van der Waals surface area (Å²) in [6, 6.07) is 19.0. The van der Waals surface area contributed by atoms with E-state index in [0.717, 1.165) is 83.5 Å². The number of carbonyl (C=O) groups is 1. The third-order valence-corrected chi connectivity index (χ3v) is 9.70. The number of nitrogens with zero attached hydrogens (tertiary/aromatic N) is 2. The van der Waals surface area contributed by atoms with Crippen LogP contribution in [-0.2, 0) is 20.8 Å². The van der Waals surface area contributed by atoms with Crippen LogP contribution < -0.4 is 4.90 Å². The van der Waals surface area contributed by atoms with Crippen molar-refractivity contribution in [3.8, 4) is 0 Å². The van der Waals surface area contributed by atoms with E-state index in [0.29, 0.717) is 23.9 Å². The maximum Gasteiger partial charge on any atom is 0.410 e. The van der Waals surface area contributed by atoms with E-state index in [1.165, 1.54) is 36.9 Å². The molecule has 2 heterocycles. The summed E-state index contributed by atoms with van der Waals surface area (Å²) in [7, 11) is 0. The zero-order chi connectivity index (χ0) is 29.2. The van der Waals surface area contributed by atoms with Gasteiger partial charge in [0.25, 0.3) is 0 Å². The molecule has 0 bridgehead atoms. The summed E-state index contributed by atoms with van der Waals surface area (Å²) in [5.41, 5.74) is 4.13. The topological polar surface area (TPSA) is 51.2 Å². The van der Waals surface area contributed by atoms with E-state index >= 15 is 0 Å². The zero-order valence-electron chi connectivity index (χ0n) is 26.0. The highest BCUT2D eigenvalue weighted by Crippen LogP contribution is 2.48. The van der Waals surface area contributed by atoms with Crippen molar-refractivity contribution >= 4 is 11.8 Å². The van der Waals surface area contributed by atoms with Crippen LogP contribution in [0.15, 0.2) is 54.6 Å². The van der Waals surface area contributed by atoms with E-state index in [9.17, 15) is 4.79 Å². The van der Waals surface area contributed by atoms with E-state index < -0.39 is 0 Å². The first-order valence-corrected chi connectivity index (χ1v) is 16.6. The average molecular weight is 577 g/mol. The smallest absolute Gasteiger partial charge is 0.410 e. The minimum absolute atomic E-state index is 0.0226. The fourth-order valence-corrected chi connectivity index (χ4v) is 6.98. The Morgan fingerprint density at radius 1 is 0.905 bits per heavy atom.